The summed E-state index contributed by atoms with van der Waals surface area (Å²) in [6.45, 7) is 9.71. The maximum Gasteiger partial charge on any atom is 0.514 e. The Morgan fingerprint density at radius 1 is 1.16 bits per heavy atom. The van der Waals surface area contributed by atoms with Gasteiger partial charge < -0.3 is 9.47 Å². The van der Waals surface area contributed by atoms with Crippen molar-refractivity contribution in [2.75, 3.05) is 0 Å². The standard InChI is InChI=1S/C16H22O3/c1-5-13-9-11-14(12-10-13)18-15(17)19-16(6-2,7-3)8-4/h5,9-12H,1,6-8H2,2-4H3. The van der Waals surface area contributed by atoms with E-state index in [0.29, 0.717) is 5.75 Å². The van der Waals surface area contributed by atoms with Crippen LogP contribution in [-0.4, -0.2) is 11.8 Å². The highest BCUT2D eigenvalue weighted by atomic mass is 16.7. The third-order valence-corrected chi connectivity index (χ3v) is 3.55. The first-order valence-electron chi connectivity index (χ1n) is 6.72. The second kappa shape index (κ2) is 6.98. The van der Waals surface area contributed by atoms with E-state index < -0.39 is 11.8 Å². The Bertz CT molecular complexity index is 408. The molecule has 3 heteroatoms. The van der Waals surface area contributed by atoms with Gasteiger partial charge in [0.05, 0.1) is 0 Å². The summed E-state index contributed by atoms with van der Waals surface area (Å²) in [6, 6.07) is 7.12. The number of hydrogen-bond donors (Lipinski definition) is 0. The second-order valence-electron chi connectivity index (χ2n) is 4.47. The molecular weight excluding hydrogens is 240 g/mol. The molecule has 1 aromatic carbocycles. The van der Waals surface area contributed by atoms with Gasteiger partial charge in [-0.1, -0.05) is 45.6 Å². The molecule has 0 unspecified atom stereocenters. The smallest absolute Gasteiger partial charge is 0.427 e. The highest BCUT2D eigenvalue weighted by Gasteiger charge is 2.29. The third-order valence-electron chi connectivity index (χ3n) is 3.55. The molecule has 0 heterocycles. The van der Waals surface area contributed by atoms with Crippen molar-refractivity contribution in [1.82, 2.24) is 0 Å². The van der Waals surface area contributed by atoms with E-state index in [2.05, 4.69) is 6.58 Å². The van der Waals surface area contributed by atoms with Crippen LogP contribution in [-0.2, 0) is 4.74 Å². The molecule has 0 aliphatic heterocycles. The summed E-state index contributed by atoms with van der Waals surface area (Å²) in [5, 5.41) is 0. The summed E-state index contributed by atoms with van der Waals surface area (Å²) in [5.74, 6) is 0.479. The molecule has 0 atom stereocenters. The van der Waals surface area contributed by atoms with Crippen LogP contribution in [0.2, 0.25) is 0 Å². The van der Waals surface area contributed by atoms with E-state index in [-0.39, 0.29) is 0 Å². The first kappa shape index (κ1) is 15.3. The van der Waals surface area contributed by atoms with Gasteiger partial charge in [-0.05, 0) is 37.0 Å². The van der Waals surface area contributed by atoms with Crippen LogP contribution in [0, 0.1) is 0 Å². The van der Waals surface area contributed by atoms with Crippen molar-refractivity contribution in [1.29, 1.82) is 0 Å². The fourth-order valence-electron chi connectivity index (χ4n) is 1.93. The summed E-state index contributed by atoms with van der Waals surface area (Å²) >= 11 is 0. The molecule has 1 rings (SSSR count). The largest absolute Gasteiger partial charge is 0.514 e. The van der Waals surface area contributed by atoms with E-state index in [1.54, 1.807) is 18.2 Å². The van der Waals surface area contributed by atoms with Crippen molar-refractivity contribution < 1.29 is 14.3 Å². The van der Waals surface area contributed by atoms with E-state index in [1.807, 2.05) is 32.9 Å². The normalized spacial score (nSPS) is 10.9. The van der Waals surface area contributed by atoms with Gasteiger partial charge in [-0.15, -0.1) is 0 Å². The van der Waals surface area contributed by atoms with Crippen LogP contribution in [0.1, 0.15) is 45.6 Å². The Morgan fingerprint density at radius 3 is 2.11 bits per heavy atom. The number of ether oxygens (including phenoxy) is 2. The average Bonchev–Trinajstić information content (AvgIpc) is 2.46. The van der Waals surface area contributed by atoms with E-state index in [0.717, 1.165) is 24.8 Å². The summed E-state index contributed by atoms with van der Waals surface area (Å²) in [6.07, 6.45) is 3.44. The second-order valence-corrected chi connectivity index (χ2v) is 4.47. The number of carbonyl (C=O) groups is 1. The fraction of sp³-hybridized carbons (Fsp3) is 0.438. The molecule has 19 heavy (non-hydrogen) atoms. The summed E-state index contributed by atoms with van der Waals surface area (Å²) in [5.41, 5.74) is 0.559. The fourth-order valence-corrected chi connectivity index (χ4v) is 1.93. The van der Waals surface area contributed by atoms with Gasteiger partial charge in [-0.3, -0.25) is 0 Å². The van der Waals surface area contributed by atoms with E-state index in [1.165, 1.54) is 0 Å². The quantitative estimate of drug-likeness (QED) is 0.545. The maximum atomic E-state index is 11.8. The molecule has 0 radical (unpaired) electrons. The molecule has 0 aliphatic carbocycles. The zero-order valence-corrected chi connectivity index (χ0v) is 11.9. The molecule has 0 saturated heterocycles. The number of carbonyl (C=O) groups excluding carboxylic acids is 1. The zero-order valence-electron chi connectivity index (χ0n) is 11.9. The van der Waals surface area contributed by atoms with Gasteiger partial charge in [0, 0.05) is 0 Å². The molecule has 1 aromatic rings. The highest BCUT2D eigenvalue weighted by molar-refractivity contribution is 5.64. The number of rotatable bonds is 6. The minimum Gasteiger partial charge on any atom is -0.427 e. The van der Waals surface area contributed by atoms with Crippen LogP contribution in [0.4, 0.5) is 4.79 Å². The summed E-state index contributed by atoms with van der Waals surface area (Å²) in [7, 11) is 0. The van der Waals surface area contributed by atoms with Crippen LogP contribution >= 0.6 is 0 Å². The Balaban J connectivity index is 2.65. The van der Waals surface area contributed by atoms with Crippen LogP contribution < -0.4 is 4.74 Å². The van der Waals surface area contributed by atoms with Gasteiger partial charge >= 0.3 is 6.16 Å². The van der Waals surface area contributed by atoms with Gasteiger partial charge in [0.25, 0.3) is 0 Å². The van der Waals surface area contributed by atoms with Gasteiger partial charge in [0.1, 0.15) is 11.4 Å². The molecule has 104 valence electrons. The average molecular weight is 262 g/mol. The topological polar surface area (TPSA) is 35.5 Å². The predicted octanol–water partition coefficient (Wildman–Crippen LogP) is 4.81. The van der Waals surface area contributed by atoms with E-state index in [4.69, 9.17) is 9.47 Å². The minimum absolute atomic E-state index is 0.419. The number of hydrogen-bond acceptors (Lipinski definition) is 3. The Kier molecular flexibility index (Phi) is 5.61. The Morgan fingerprint density at radius 2 is 1.68 bits per heavy atom. The van der Waals surface area contributed by atoms with Crippen molar-refractivity contribution in [3.63, 3.8) is 0 Å². The molecule has 0 aromatic heterocycles. The zero-order chi connectivity index (χ0) is 14.3. The van der Waals surface area contributed by atoms with Crippen LogP contribution in [0.5, 0.6) is 5.75 Å². The van der Waals surface area contributed by atoms with Crippen LogP contribution in [0.3, 0.4) is 0 Å². The van der Waals surface area contributed by atoms with Crippen LogP contribution in [0.25, 0.3) is 6.08 Å². The Hall–Kier alpha value is -1.77. The van der Waals surface area contributed by atoms with Gasteiger partial charge in [-0.2, -0.15) is 0 Å². The van der Waals surface area contributed by atoms with Crippen molar-refractivity contribution in [2.45, 2.75) is 45.6 Å². The van der Waals surface area contributed by atoms with E-state index in [9.17, 15) is 4.79 Å². The molecule has 0 aliphatic rings. The minimum atomic E-state index is -0.642. The lowest BCUT2D eigenvalue weighted by molar-refractivity contribution is -0.0222. The lowest BCUT2D eigenvalue weighted by atomic mass is 9.94. The van der Waals surface area contributed by atoms with Gasteiger partial charge in [0.15, 0.2) is 0 Å². The van der Waals surface area contributed by atoms with Crippen molar-refractivity contribution in [3.8, 4) is 5.75 Å². The molecule has 0 amide bonds. The van der Waals surface area contributed by atoms with Crippen molar-refractivity contribution in [3.05, 3.63) is 36.4 Å². The molecule has 0 N–H and O–H groups in total. The summed E-state index contributed by atoms with van der Waals surface area (Å²) < 4.78 is 10.6. The molecule has 0 fully saturated rings. The molecule has 0 spiro atoms. The monoisotopic (exact) mass is 262 g/mol. The highest BCUT2D eigenvalue weighted by Crippen LogP contribution is 2.25. The predicted molar refractivity (Wildman–Crippen MR) is 77.2 cm³/mol. The molecular formula is C16H22O3. The first-order chi connectivity index (χ1) is 9.09. The SMILES string of the molecule is C=Cc1ccc(OC(=O)OC(CC)(CC)CC)cc1. The van der Waals surface area contributed by atoms with Crippen molar-refractivity contribution in [2.24, 2.45) is 0 Å². The third kappa shape index (κ3) is 4.12. The molecule has 0 saturated carbocycles. The van der Waals surface area contributed by atoms with E-state index >= 15 is 0 Å². The molecule has 0 bridgehead atoms. The van der Waals surface area contributed by atoms with Gasteiger partial charge in [0.2, 0.25) is 0 Å². The number of benzene rings is 1. The van der Waals surface area contributed by atoms with Crippen molar-refractivity contribution >= 4 is 12.2 Å². The van der Waals surface area contributed by atoms with Crippen LogP contribution in [0.15, 0.2) is 30.8 Å². The van der Waals surface area contributed by atoms with Gasteiger partial charge in [-0.25, -0.2) is 4.79 Å². The molecule has 3 nitrogen and oxygen atoms in total. The maximum absolute atomic E-state index is 11.8. The lowest BCUT2D eigenvalue weighted by Crippen LogP contribution is -2.34. The Labute approximate surface area is 115 Å². The lowest BCUT2D eigenvalue weighted by Gasteiger charge is -2.29. The first-order valence-corrected chi connectivity index (χ1v) is 6.72. The summed E-state index contributed by atoms with van der Waals surface area (Å²) in [4.78, 5) is 11.8.